The number of fused-ring (bicyclic) bond motifs is 1. The highest BCUT2D eigenvalue weighted by atomic mass is 16.5. The minimum atomic E-state index is 0.0432. The van der Waals surface area contributed by atoms with Gasteiger partial charge in [-0.2, -0.15) is 0 Å². The van der Waals surface area contributed by atoms with Crippen LogP contribution in [0.3, 0.4) is 0 Å². The van der Waals surface area contributed by atoms with E-state index >= 15 is 0 Å². The molecule has 1 heterocycles. The summed E-state index contributed by atoms with van der Waals surface area (Å²) < 4.78 is 5.79. The van der Waals surface area contributed by atoms with Crippen LogP contribution in [0.5, 0.6) is 0 Å². The number of hydrogen-bond acceptors (Lipinski definition) is 4. The smallest absolute Gasteiger partial charge is 0.225 e. The number of nitrogen functional groups attached to an aromatic ring is 1. The van der Waals surface area contributed by atoms with Gasteiger partial charge in [0.1, 0.15) is 0 Å². The molecular weight excluding hydrogens is 266 g/mol. The van der Waals surface area contributed by atoms with Crippen LogP contribution in [-0.4, -0.2) is 42.6 Å². The predicted molar refractivity (Wildman–Crippen MR) is 83.1 cm³/mol. The van der Waals surface area contributed by atoms with Crippen molar-refractivity contribution in [2.75, 3.05) is 30.7 Å². The third kappa shape index (κ3) is 3.54. The fourth-order valence-electron chi connectivity index (χ4n) is 3.37. The number of ether oxygens (including phenoxy) is 1. The second-order valence-electron chi connectivity index (χ2n) is 5.87. The number of rotatable bonds is 4. The number of carbonyl (C=O) groups is 1. The van der Waals surface area contributed by atoms with Crippen LogP contribution in [-0.2, 0) is 9.53 Å². The molecule has 2 unspecified atom stereocenters. The van der Waals surface area contributed by atoms with Crippen LogP contribution in [0.4, 0.5) is 11.4 Å². The van der Waals surface area contributed by atoms with E-state index in [4.69, 9.17) is 10.5 Å². The lowest BCUT2D eigenvalue weighted by molar-refractivity contribution is -0.117. The number of morpholine rings is 1. The highest BCUT2D eigenvalue weighted by Gasteiger charge is 2.35. The molecular formula is C16H23N3O2. The van der Waals surface area contributed by atoms with Crippen molar-refractivity contribution < 1.29 is 9.53 Å². The van der Waals surface area contributed by atoms with Gasteiger partial charge in [-0.15, -0.1) is 0 Å². The first-order valence-electron chi connectivity index (χ1n) is 7.73. The van der Waals surface area contributed by atoms with E-state index in [1.807, 2.05) is 18.2 Å². The highest BCUT2D eigenvalue weighted by Crippen LogP contribution is 2.29. The lowest BCUT2D eigenvalue weighted by atomic mass is 10.1. The van der Waals surface area contributed by atoms with Gasteiger partial charge in [-0.05, 0) is 37.5 Å². The maximum absolute atomic E-state index is 12.0. The molecule has 0 bridgehead atoms. The SMILES string of the molecule is Nc1cccc(NC(=O)CCN2CCOC3CCCC32)c1. The number of carbonyl (C=O) groups excluding carboxylic acids is 1. The molecule has 3 rings (SSSR count). The second kappa shape index (κ2) is 6.45. The van der Waals surface area contributed by atoms with Crippen molar-refractivity contribution >= 4 is 17.3 Å². The van der Waals surface area contributed by atoms with Crippen molar-refractivity contribution in [2.24, 2.45) is 0 Å². The van der Waals surface area contributed by atoms with Gasteiger partial charge in [0.2, 0.25) is 5.91 Å². The Hall–Kier alpha value is -1.59. The maximum atomic E-state index is 12.0. The first-order valence-corrected chi connectivity index (χ1v) is 7.73. The van der Waals surface area contributed by atoms with Gasteiger partial charge >= 0.3 is 0 Å². The molecule has 21 heavy (non-hydrogen) atoms. The van der Waals surface area contributed by atoms with Crippen LogP contribution in [0.1, 0.15) is 25.7 Å². The molecule has 0 aromatic heterocycles. The Morgan fingerprint density at radius 1 is 1.43 bits per heavy atom. The van der Waals surface area contributed by atoms with E-state index in [9.17, 15) is 4.79 Å². The number of nitrogens with one attached hydrogen (secondary N) is 1. The Morgan fingerprint density at radius 2 is 2.33 bits per heavy atom. The van der Waals surface area contributed by atoms with Gasteiger partial charge in [0.25, 0.3) is 0 Å². The minimum absolute atomic E-state index is 0.0432. The molecule has 3 N–H and O–H groups in total. The van der Waals surface area contributed by atoms with E-state index < -0.39 is 0 Å². The normalized spacial score (nSPS) is 25.5. The van der Waals surface area contributed by atoms with Gasteiger partial charge < -0.3 is 15.8 Å². The Morgan fingerprint density at radius 3 is 3.19 bits per heavy atom. The van der Waals surface area contributed by atoms with Crippen molar-refractivity contribution in [3.8, 4) is 0 Å². The summed E-state index contributed by atoms with van der Waals surface area (Å²) in [5.41, 5.74) is 7.14. The number of amides is 1. The van der Waals surface area contributed by atoms with E-state index in [1.54, 1.807) is 6.07 Å². The average molecular weight is 289 g/mol. The van der Waals surface area contributed by atoms with Crippen LogP contribution < -0.4 is 11.1 Å². The molecule has 1 saturated carbocycles. The van der Waals surface area contributed by atoms with Crippen LogP contribution in [0.25, 0.3) is 0 Å². The van der Waals surface area contributed by atoms with Crippen LogP contribution in [0.2, 0.25) is 0 Å². The largest absolute Gasteiger partial charge is 0.399 e. The van der Waals surface area contributed by atoms with Gasteiger partial charge in [-0.3, -0.25) is 9.69 Å². The molecule has 2 atom stereocenters. The molecule has 2 fully saturated rings. The molecule has 0 spiro atoms. The van der Waals surface area contributed by atoms with Crippen LogP contribution >= 0.6 is 0 Å². The molecule has 1 aromatic rings. The summed E-state index contributed by atoms with van der Waals surface area (Å²) >= 11 is 0. The molecule has 5 heteroatoms. The van der Waals surface area contributed by atoms with Gasteiger partial charge in [0.15, 0.2) is 0 Å². The van der Waals surface area contributed by atoms with Crippen molar-refractivity contribution in [1.29, 1.82) is 0 Å². The Kier molecular flexibility index (Phi) is 4.41. The van der Waals surface area contributed by atoms with Gasteiger partial charge in [-0.1, -0.05) is 6.07 Å². The van der Waals surface area contributed by atoms with E-state index in [1.165, 1.54) is 12.8 Å². The average Bonchev–Trinajstić information content (AvgIpc) is 2.94. The number of benzene rings is 1. The Balaban J connectivity index is 1.49. The summed E-state index contributed by atoms with van der Waals surface area (Å²) in [6.45, 7) is 2.53. The quantitative estimate of drug-likeness (QED) is 0.830. The first-order chi connectivity index (χ1) is 10.2. The van der Waals surface area contributed by atoms with E-state index in [0.717, 1.165) is 31.8 Å². The summed E-state index contributed by atoms with van der Waals surface area (Å²) in [5, 5.41) is 2.91. The maximum Gasteiger partial charge on any atom is 0.225 e. The molecule has 5 nitrogen and oxygen atoms in total. The third-order valence-electron chi connectivity index (χ3n) is 4.39. The molecule has 1 saturated heterocycles. The molecule has 114 valence electrons. The number of nitrogens with zero attached hydrogens (tertiary/aromatic N) is 1. The van der Waals surface area contributed by atoms with E-state index in [2.05, 4.69) is 10.2 Å². The minimum Gasteiger partial charge on any atom is -0.399 e. The van der Waals surface area contributed by atoms with E-state index in [-0.39, 0.29) is 5.91 Å². The number of nitrogens with two attached hydrogens (primary N) is 1. The van der Waals surface area contributed by atoms with Crippen molar-refractivity contribution in [1.82, 2.24) is 4.90 Å². The second-order valence-corrected chi connectivity index (χ2v) is 5.87. The zero-order valence-corrected chi connectivity index (χ0v) is 12.3. The Labute approximate surface area is 125 Å². The summed E-state index contributed by atoms with van der Waals surface area (Å²) in [5.74, 6) is 0.0432. The fraction of sp³-hybridized carbons (Fsp3) is 0.562. The van der Waals surface area contributed by atoms with Crippen LogP contribution in [0.15, 0.2) is 24.3 Å². The lowest BCUT2D eigenvalue weighted by Crippen LogP contribution is -2.49. The van der Waals surface area contributed by atoms with Gasteiger partial charge in [0.05, 0.1) is 12.7 Å². The fourth-order valence-corrected chi connectivity index (χ4v) is 3.37. The van der Waals surface area contributed by atoms with Gasteiger partial charge in [-0.25, -0.2) is 0 Å². The molecule has 1 aliphatic heterocycles. The molecule has 1 aromatic carbocycles. The molecule has 2 aliphatic rings. The lowest BCUT2D eigenvalue weighted by Gasteiger charge is -2.37. The number of anilines is 2. The molecule has 1 aliphatic carbocycles. The highest BCUT2D eigenvalue weighted by molar-refractivity contribution is 5.91. The van der Waals surface area contributed by atoms with Crippen LogP contribution in [0, 0.1) is 0 Å². The van der Waals surface area contributed by atoms with Crippen molar-refractivity contribution in [2.45, 2.75) is 37.8 Å². The monoisotopic (exact) mass is 289 g/mol. The van der Waals surface area contributed by atoms with Gasteiger partial charge in [0, 0.05) is 36.9 Å². The zero-order chi connectivity index (χ0) is 14.7. The van der Waals surface area contributed by atoms with E-state index in [0.29, 0.717) is 24.3 Å². The third-order valence-corrected chi connectivity index (χ3v) is 4.39. The summed E-state index contributed by atoms with van der Waals surface area (Å²) in [7, 11) is 0. The first kappa shape index (κ1) is 14.4. The Bertz CT molecular complexity index is 506. The zero-order valence-electron chi connectivity index (χ0n) is 12.3. The number of hydrogen-bond donors (Lipinski definition) is 2. The summed E-state index contributed by atoms with van der Waals surface area (Å²) in [6, 6.07) is 7.80. The standard InChI is InChI=1S/C16H23N3O2/c17-12-3-1-4-13(11-12)18-16(20)7-8-19-9-10-21-15-6-2-5-14(15)19/h1,3-4,11,14-15H,2,5-10,17H2,(H,18,20). The summed E-state index contributed by atoms with van der Waals surface area (Å²) in [6.07, 6.45) is 4.49. The molecule has 0 radical (unpaired) electrons. The topological polar surface area (TPSA) is 67.6 Å². The van der Waals surface area contributed by atoms with Crippen molar-refractivity contribution in [3.05, 3.63) is 24.3 Å². The van der Waals surface area contributed by atoms with Crippen molar-refractivity contribution in [3.63, 3.8) is 0 Å². The summed E-state index contributed by atoms with van der Waals surface area (Å²) in [4.78, 5) is 14.5. The predicted octanol–water partition coefficient (Wildman–Crippen LogP) is 1.85. The molecule has 1 amide bonds.